The summed E-state index contributed by atoms with van der Waals surface area (Å²) in [6.07, 6.45) is 0. The molecule has 0 aliphatic heterocycles. The fourth-order valence-corrected chi connectivity index (χ4v) is 2.70. The van der Waals surface area contributed by atoms with Crippen molar-refractivity contribution in [2.24, 2.45) is 0 Å². The smallest absolute Gasteiger partial charge is 0.100 e. The third-order valence-corrected chi connectivity index (χ3v) is 4.07. The number of benzene rings is 1. The van der Waals surface area contributed by atoms with E-state index in [9.17, 15) is 0 Å². The number of hydrogen-bond acceptors (Lipinski definition) is 2. The van der Waals surface area contributed by atoms with Gasteiger partial charge in [-0.3, -0.25) is 0 Å². The predicted octanol–water partition coefficient (Wildman–Crippen LogP) is 4.19. The first-order chi connectivity index (χ1) is 6.24. The standard InChI is InChI=1S/C9H3BrClNS/c10-8-5(4-12)3-7-6(9(8)11)1-2-13-7/h1-3H. The molecule has 0 bridgehead atoms. The summed E-state index contributed by atoms with van der Waals surface area (Å²) in [4.78, 5) is 0. The van der Waals surface area contributed by atoms with Gasteiger partial charge in [-0.05, 0) is 33.4 Å². The molecule has 0 N–H and O–H groups in total. The molecule has 64 valence electrons. The van der Waals surface area contributed by atoms with Crippen LogP contribution in [-0.4, -0.2) is 0 Å². The van der Waals surface area contributed by atoms with Crippen LogP contribution in [0.15, 0.2) is 22.0 Å². The van der Waals surface area contributed by atoms with Gasteiger partial charge < -0.3 is 0 Å². The van der Waals surface area contributed by atoms with E-state index in [4.69, 9.17) is 16.9 Å². The summed E-state index contributed by atoms with van der Waals surface area (Å²) in [6.45, 7) is 0. The third kappa shape index (κ3) is 1.35. The minimum absolute atomic E-state index is 0.583. The molecule has 0 atom stereocenters. The van der Waals surface area contributed by atoms with Crippen LogP contribution in [0, 0.1) is 11.3 Å². The first-order valence-corrected chi connectivity index (χ1v) is 5.54. The van der Waals surface area contributed by atoms with Crippen molar-refractivity contribution in [2.45, 2.75) is 0 Å². The highest BCUT2D eigenvalue weighted by atomic mass is 79.9. The van der Waals surface area contributed by atoms with Crippen LogP contribution in [0.1, 0.15) is 5.56 Å². The van der Waals surface area contributed by atoms with Crippen LogP contribution in [0.4, 0.5) is 0 Å². The summed E-state index contributed by atoms with van der Waals surface area (Å²) in [5.74, 6) is 0. The lowest BCUT2D eigenvalue weighted by Crippen LogP contribution is -1.78. The van der Waals surface area contributed by atoms with Gasteiger partial charge in [0.2, 0.25) is 0 Å². The van der Waals surface area contributed by atoms with E-state index in [1.165, 1.54) is 0 Å². The molecule has 1 aromatic heterocycles. The van der Waals surface area contributed by atoms with Gasteiger partial charge in [0.1, 0.15) is 6.07 Å². The van der Waals surface area contributed by atoms with Gasteiger partial charge in [-0.25, -0.2) is 0 Å². The monoisotopic (exact) mass is 271 g/mol. The van der Waals surface area contributed by atoms with Gasteiger partial charge in [-0.15, -0.1) is 11.3 Å². The van der Waals surface area contributed by atoms with Gasteiger partial charge in [-0.2, -0.15) is 5.26 Å². The highest BCUT2D eigenvalue weighted by Crippen LogP contribution is 2.36. The van der Waals surface area contributed by atoms with Crippen LogP contribution < -0.4 is 0 Å². The lowest BCUT2D eigenvalue weighted by atomic mass is 10.2. The molecule has 1 aromatic carbocycles. The van der Waals surface area contributed by atoms with Crippen LogP contribution in [0.5, 0.6) is 0 Å². The molecule has 0 fully saturated rings. The molecule has 2 rings (SSSR count). The van der Waals surface area contributed by atoms with Crippen molar-refractivity contribution in [2.75, 3.05) is 0 Å². The molecule has 1 heterocycles. The number of rotatable bonds is 0. The van der Waals surface area contributed by atoms with Crippen molar-refractivity contribution in [3.8, 4) is 6.07 Å². The van der Waals surface area contributed by atoms with E-state index in [-0.39, 0.29) is 0 Å². The molecular weight excluding hydrogens is 270 g/mol. The Labute approximate surface area is 92.7 Å². The quantitative estimate of drug-likeness (QED) is 0.705. The Morgan fingerprint density at radius 1 is 1.54 bits per heavy atom. The summed E-state index contributed by atoms with van der Waals surface area (Å²) < 4.78 is 1.73. The van der Waals surface area contributed by atoms with Crippen LogP contribution in [0.25, 0.3) is 10.1 Å². The maximum absolute atomic E-state index is 8.81. The maximum atomic E-state index is 8.81. The SMILES string of the molecule is N#Cc1cc2sccc2c(Cl)c1Br. The Bertz CT molecular complexity index is 512. The van der Waals surface area contributed by atoms with E-state index in [1.54, 1.807) is 11.3 Å². The zero-order valence-corrected chi connectivity index (χ0v) is 9.50. The Morgan fingerprint density at radius 2 is 2.31 bits per heavy atom. The van der Waals surface area contributed by atoms with E-state index < -0.39 is 0 Å². The first-order valence-electron chi connectivity index (χ1n) is 3.49. The molecule has 0 unspecified atom stereocenters. The molecule has 0 aliphatic carbocycles. The normalized spacial score (nSPS) is 10.2. The summed E-state index contributed by atoms with van der Waals surface area (Å²) >= 11 is 10.9. The Morgan fingerprint density at radius 3 is 3.00 bits per heavy atom. The number of nitriles is 1. The van der Waals surface area contributed by atoms with Gasteiger partial charge in [0.25, 0.3) is 0 Å². The summed E-state index contributed by atoms with van der Waals surface area (Å²) in [5.41, 5.74) is 0.583. The van der Waals surface area contributed by atoms with Crippen LogP contribution >= 0.6 is 38.9 Å². The fourth-order valence-electron chi connectivity index (χ4n) is 1.13. The minimum atomic E-state index is 0.583. The second-order valence-electron chi connectivity index (χ2n) is 2.50. The molecule has 13 heavy (non-hydrogen) atoms. The first kappa shape index (κ1) is 9.01. The number of hydrogen-bond donors (Lipinski definition) is 0. The number of thiophene rings is 1. The lowest BCUT2D eigenvalue weighted by molar-refractivity contribution is 1.48. The summed E-state index contributed by atoms with van der Waals surface area (Å²) in [5, 5.41) is 12.4. The van der Waals surface area contributed by atoms with Gasteiger partial charge in [0, 0.05) is 10.1 Å². The van der Waals surface area contributed by atoms with Gasteiger partial charge in [-0.1, -0.05) is 11.6 Å². The minimum Gasteiger partial charge on any atom is -0.192 e. The highest BCUT2D eigenvalue weighted by molar-refractivity contribution is 9.10. The zero-order chi connectivity index (χ0) is 9.42. The topological polar surface area (TPSA) is 23.8 Å². The van der Waals surface area contributed by atoms with Crippen molar-refractivity contribution in [3.05, 3.63) is 32.6 Å². The molecule has 0 spiro atoms. The van der Waals surface area contributed by atoms with E-state index in [2.05, 4.69) is 22.0 Å². The van der Waals surface area contributed by atoms with Gasteiger partial charge >= 0.3 is 0 Å². The second kappa shape index (κ2) is 3.30. The molecule has 4 heteroatoms. The maximum Gasteiger partial charge on any atom is 0.100 e. The third-order valence-electron chi connectivity index (χ3n) is 1.76. The van der Waals surface area contributed by atoms with Crippen molar-refractivity contribution in [1.82, 2.24) is 0 Å². The molecule has 0 radical (unpaired) electrons. The number of fused-ring (bicyclic) bond motifs is 1. The summed E-state index contributed by atoms with van der Waals surface area (Å²) in [6, 6.07) is 5.89. The Kier molecular flexibility index (Phi) is 2.29. The van der Waals surface area contributed by atoms with Crippen LogP contribution in [0.2, 0.25) is 5.02 Å². The fraction of sp³-hybridized carbons (Fsp3) is 0. The Balaban J connectivity index is 2.94. The largest absolute Gasteiger partial charge is 0.192 e. The predicted molar refractivity (Wildman–Crippen MR) is 59.3 cm³/mol. The highest BCUT2D eigenvalue weighted by Gasteiger charge is 2.09. The molecule has 0 aliphatic rings. The molecule has 0 saturated heterocycles. The van der Waals surface area contributed by atoms with Gasteiger partial charge in [0.05, 0.1) is 15.1 Å². The van der Waals surface area contributed by atoms with Crippen LogP contribution in [0.3, 0.4) is 0 Å². The molecular formula is C9H3BrClNS. The number of nitrogens with zero attached hydrogens (tertiary/aromatic N) is 1. The average molecular weight is 273 g/mol. The zero-order valence-electron chi connectivity index (χ0n) is 6.34. The molecule has 0 amide bonds. The van der Waals surface area contributed by atoms with Crippen molar-refractivity contribution < 1.29 is 0 Å². The van der Waals surface area contributed by atoms with E-state index in [0.29, 0.717) is 15.1 Å². The Hall–Kier alpha value is -0.560. The average Bonchev–Trinajstić information content (AvgIpc) is 2.59. The van der Waals surface area contributed by atoms with Crippen molar-refractivity contribution in [3.63, 3.8) is 0 Å². The van der Waals surface area contributed by atoms with Crippen LogP contribution in [-0.2, 0) is 0 Å². The van der Waals surface area contributed by atoms with Crippen molar-refractivity contribution >= 4 is 49.0 Å². The lowest BCUT2D eigenvalue weighted by Gasteiger charge is -1.99. The van der Waals surface area contributed by atoms with Crippen molar-refractivity contribution in [1.29, 1.82) is 5.26 Å². The summed E-state index contributed by atoms with van der Waals surface area (Å²) in [7, 11) is 0. The second-order valence-corrected chi connectivity index (χ2v) is 4.61. The van der Waals surface area contributed by atoms with E-state index in [1.807, 2.05) is 17.5 Å². The van der Waals surface area contributed by atoms with E-state index >= 15 is 0 Å². The molecule has 2 aromatic rings. The number of halogens is 2. The van der Waals surface area contributed by atoms with Gasteiger partial charge in [0.15, 0.2) is 0 Å². The molecule has 1 nitrogen and oxygen atoms in total. The van der Waals surface area contributed by atoms with E-state index in [0.717, 1.165) is 10.1 Å². The molecule has 0 saturated carbocycles.